The van der Waals surface area contributed by atoms with Gasteiger partial charge in [-0.3, -0.25) is 15.1 Å². The predicted octanol–water partition coefficient (Wildman–Crippen LogP) is 4.01. The Morgan fingerprint density at radius 3 is 2.53 bits per heavy atom. The van der Waals surface area contributed by atoms with Gasteiger partial charge >= 0.3 is 5.00 Å². The average Bonchev–Trinajstić information content (AvgIpc) is 2.77. The molecule has 0 aliphatic carbocycles. The summed E-state index contributed by atoms with van der Waals surface area (Å²) in [6.07, 6.45) is 1.64. The molecule has 0 unspecified atom stereocenters. The van der Waals surface area contributed by atoms with Crippen molar-refractivity contribution in [2.75, 3.05) is 0 Å². The van der Waals surface area contributed by atoms with Gasteiger partial charge in [0, 0.05) is 15.9 Å². The van der Waals surface area contributed by atoms with E-state index in [1.54, 1.807) is 12.3 Å². The number of benzene rings is 1. The highest BCUT2D eigenvalue weighted by Crippen LogP contribution is 2.23. The Kier molecular flexibility index (Phi) is 3.85. The molecular weight excluding hydrogens is 351 g/mol. The Balaban J connectivity index is 2.14. The maximum atomic E-state index is 10.5. The first-order chi connectivity index (χ1) is 8.15. The lowest BCUT2D eigenvalue weighted by atomic mass is 10.3. The summed E-state index contributed by atoms with van der Waals surface area (Å²) in [5.41, 5.74) is 0.835. The van der Waals surface area contributed by atoms with Gasteiger partial charge in [0.1, 0.15) is 0 Å². The molecule has 86 valence electrons. The molecule has 4 nitrogen and oxygen atoms in total. The van der Waals surface area contributed by atoms with E-state index in [1.165, 1.54) is 6.07 Å². The lowest BCUT2D eigenvalue weighted by Crippen LogP contribution is -1.80. The van der Waals surface area contributed by atoms with E-state index < -0.39 is 4.92 Å². The van der Waals surface area contributed by atoms with Crippen LogP contribution < -0.4 is 0 Å². The topological polar surface area (TPSA) is 55.5 Å². The van der Waals surface area contributed by atoms with Crippen LogP contribution in [0.2, 0.25) is 0 Å². The van der Waals surface area contributed by atoms with Gasteiger partial charge in [0.05, 0.1) is 15.5 Å². The number of thiophene rings is 1. The lowest BCUT2D eigenvalue weighted by Gasteiger charge is -1.92. The number of hydrogen-bond donors (Lipinski definition) is 0. The van der Waals surface area contributed by atoms with Gasteiger partial charge < -0.3 is 0 Å². The molecule has 17 heavy (non-hydrogen) atoms. The van der Waals surface area contributed by atoms with Crippen molar-refractivity contribution in [2.45, 2.75) is 0 Å². The zero-order valence-corrected chi connectivity index (χ0v) is 11.5. The van der Waals surface area contributed by atoms with Gasteiger partial charge in [-0.05, 0) is 52.9 Å². The third-order valence-electron chi connectivity index (χ3n) is 1.96. The largest absolute Gasteiger partial charge is 0.324 e. The maximum absolute atomic E-state index is 10.5. The zero-order chi connectivity index (χ0) is 12.3. The summed E-state index contributed by atoms with van der Waals surface area (Å²) in [4.78, 5) is 15.1. The predicted molar refractivity (Wildman–Crippen MR) is 77.4 cm³/mol. The summed E-state index contributed by atoms with van der Waals surface area (Å²) >= 11 is 3.34. The van der Waals surface area contributed by atoms with Crippen LogP contribution in [0, 0.1) is 13.7 Å². The monoisotopic (exact) mass is 358 g/mol. The van der Waals surface area contributed by atoms with Gasteiger partial charge in [-0.2, -0.15) is 0 Å². The molecule has 0 aliphatic rings. The fraction of sp³-hybridized carbons (Fsp3) is 0. The van der Waals surface area contributed by atoms with Crippen LogP contribution in [0.4, 0.5) is 10.7 Å². The van der Waals surface area contributed by atoms with Crippen molar-refractivity contribution in [2.24, 2.45) is 4.99 Å². The zero-order valence-electron chi connectivity index (χ0n) is 8.54. The van der Waals surface area contributed by atoms with Crippen LogP contribution in [-0.4, -0.2) is 11.1 Å². The van der Waals surface area contributed by atoms with Gasteiger partial charge in [0.15, 0.2) is 0 Å². The highest BCUT2D eigenvalue weighted by Gasteiger charge is 2.07. The fourth-order valence-corrected chi connectivity index (χ4v) is 2.23. The van der Waals surface area contributed by atoms with E-state index in [0.29, 0.717) is 0 Å². The summed E-state index contributed by atoms with van der Waals surface area (Å²) in [6.45, 7) is 0. The standard InChI is InChI=1S/C11H7IN2O2S/c12-8-1-3-9(4-2-8)13-7-10-5-6-11(17-10)14(15)16/h1-7H. The quantitative estimate of drug-likeness (QED) is 0.360. The van der Waals surface area contributed by atoms with E-state index in [-0.39, 0.29) is 5.00 Å². The van der Waals surface area contributed by atoms with Crippen molar-refractivity contribution in [1.29, 1.82) is 0 Å². The number of nitrogens with zero attached hydrogens (tertiary/aromatic N) is 2. The minimum Gasteiger partial charge on any atom is -0.258 e. The summed E-state index contributed by atoms with van der Waals surface area (Å²) in [6, 6.07) is 10.9. The van der Waals surface area contributed by atoms with Crippen LogP contribution in [0.15, 0.2) is 41.4 Å². The number of nitro groups is 1. The van der Waals surface area contributed by atoms with Crippen molar-refractivity contribution < 1.29 is 4.92 Å². The Hall–Kier alpha value is -1.28. The molecule has 0 aliphatic heterocycles. The SMILES string of the molecule is O=[N+]([O-])c1ccc(C=Nc2ccc(I)cc2)s1. The molecule has 1 heterocycles. The molecule has 0 radical (unpaired) electrons. The average molecular weight is 358 g/mol. The number of hydrogen-bond acceptors (Lipinski definition) is 4. The minimum atomic E-state index is -0.396. The van der Waals surface area contributed by atoms with E-state index in [4.69, 9.17) is 0 Å². The number of aliphatic imine (C=N–C) groups is 1. The van der Waals surface area contributed by atoms with Crippen LogP contribution in [-0.2, 0) is 0 Å². The summed E-state index contributed by atoms with van der Waals surface area (Å²) in [5, 5.41) is 10.6. The molecule has 2 aromatic rings. The lowest BCUT2D eigenvalue weighted by molar-refractivity contribution is -0.380. The Labute approximate surface area is 115 Å². The second kappa shape index (κ2) is 5.37. The highest BCUT2D eigenvalue weighted by atomic mass is 127. The molecule has 1 aromatic heterocycles. The molecular formula is C11H7IN2O2S. The van der Waals surface area contributed by atoms with Crippen LogP contribution in [0.3, 0.4) is 0 Å². The Bertz CT molecular complexity index is 563. The van der Waals surface area contributed by atoms with Crippen molar-refractivity contribution >= 4 is 50.8 Å². The molecule has 0 saturated carbocycles. The van der Waals surface area contributed by atoms with Crippen molar-refractivity contribution in [1.82, 2.24) is 0 Å². The highest BCUT2D eigenvalue weighted by molar-refractivity contribution is 14.1. The van der Waals surface area contributed by atoms with E-state index in [2.05, 4.69) is 27.6 Å². The third-order valence-corrected chi connectivity index (χ3v) is 3.65. The second-order valence-electron chi connectivity index (χ2n) is 3.17. The summed E-state index contributed by atoms with van der Waals surface area (Å²) in [5.74, 6) is 0. The fourth-order valence-electron chi connectivity index (χ4n) is 1.18. The molecule has 1 aromatic carbocycles. The van der Waals surface area contributed by atoms with Crippen LogP contribution >= 0.6 is 33.9 Å². The van der Waals surface area contributed by atoms with Gasteiger partial charge in [-0.15, -0.1) is 0 Å². The third kappa shape index (κ3) is 3.34. The molecule has 0 saturated heterocycles. The summed E-state index contributed by atoms with van der Waals surface area (Å²) < 4.78 is 1.15. The molecule has 2 rings (SSSR count). The molecule has 6 heteroatoms. The van der Waals surface area contributed by atoms with Crippen LogP contribution in [0.1, 0.15) is 4.88 Å². The number of rotatable bonds is 3. The van der Waals surface area contributed by atoms with E-state index in [9.17, 15) is 10.1 Å². The molecule has 0 atom stereocenters. The molecule has 0 fully saturated rings. The Morgan fingerprint density at radius 1 is 1.24 bits per heavy atom. The van der Waals surface area contributed by atoms with Crippen molar-refractivity contribution in [3.05, 3.63) is 55.0 Å². The van der Waals surface area contributed by atoms with Gasteiger partial charge in [0.2, 0.25) is 0 Å². The number of halogens is 1. The molecule has 0 amide bonds. The molecule has 0 spiro atoms. The smallest absolute Gasteiger partial charge is 0.258 e. The van der Waals surface area contributed by atoms with Crippen molar-refractivity contribution in [3.8, 4) is 0 Å². The normalized spacial score (nSPS) is 10.9. The minimum absolute atomic E-state index is 0.133. The van der Waals surface area contributed by atoms with Crippen LogP contribution in [0.25, 0.3) is 0 Å². The van der Waals surface area contributed by atoms with Crippen LogP contribution in [0.5, 0.6) is 0 Å². The van der Waals surface area contributed by atoms with E-state index >= 15 is 0 Å². The maximum Gasteiger partial charge on any atom is 0.324 e. The van der Waals surface area contributed by atoms with Gasteiger partial charge in [-0.25, -0.2) is 0 Å². The van der Waals surface area contributed by atoms with Gasteiger partial charge in [-0.1, -0.05) is 11.3 Å². The molecule has 0 N–H and O–H groups in total. The van der Waals surface area contributed by atoms with Gasteiger partial charge in [0.25, 0.3) is 0 Å². The molecule has 0 bridgehead atoms. The first kappa shape index (κ1) is 12.2. The van der Waals surface area contributed by atoms with E-state index in [0.717, 1.165) is 25.5 Å². The van der Waals surface area contributed by atoms with Crippen molar-refractivity contribution in [3.63, 3.8) is 0 Å². The second-order valence-corrected chi connectivity index (χ2v) is 5.51. The Morgan fingerprint density at radius 2 is 1.94 bits per heavy atom. The summed E-state index contributed by atoms with van der Waals surface area (Å²) in [7, 11) is 0. The first-order valence-electron chi connectivity index (χ1n) is 4.69. The van der Waals surface area contributed by atoms with E-state index in [1.807, 2.05) is 24.3 Å². The first-order valence-corrected chi connectivity index (χ1v) is 6.58.